The minimum Gasteiger partial charge on any atom is -0.356 e. The molecule has 0 bridgehead atoms. The van der Waals surface area contributed by atoms with Crippen molar-refractivity contribution in [3.05, 3.63) is 29.0 Å². The highest BCUT2D eigenvalue weighted by molar-refractivity contribution is 6.29. The van der Waals surface area contributed by atoms with Gasteiger partial charge in [-0.1, -0.05) is 22.8 Å². The molecule has 0 aliphatic heterocycles. The fourth-order valence-corrected chi connectivity index (χ4v) is 1.28. The van der Waals surface area contributed by atoms with E-state index in [-0.39, 0.29) is 6.42 Å². The number of aromatic nitrogens is 1. The predicted octanol–water partition coefficient (Wildman–Crippen LogP) is 1.96. The molecule has 1 aromatic heterocycles. The van der Waals surface area contributed by atoms with Crippen molar-refractivity contribution in [1.29, 1.82) is 5.26 Å². The van der Waals surface area contributed by atoms with E-state index in [0.717, 1.165) is 5.56 Å². The molecule has 1 aromatic rings. The second-order valence-electron chi connectivity index (χ2n) is 3.78. The number of hydrogen-bond donors (Lipinski definition) is 0. The summed E-state index contributed by atoms with van der Waals surface area (Å²) in [5.74, 6) is -0.162. The normalized spacial score (nSPS) is 10.7. The number of amidine groups is 1. The molecule has 0 aliphatic carbocycles. The van der Waals surface area contributed by atoms with E-state index in [2.05, 4.69) is 15.0 Å². The van der Waals surface area contributed by atoms with Crippen molar-refractivity contribution < 1.29 is 9.63 Å². The Morgan fingerprint density at radius 2 is 2.37 bits per heavy atom. The Bertz CT molecular complexity index is 507. The molecule has 0 saturated heterocycles. The summed E-state index contributed by atoms with van der Waals surface area (Å²) >= 11 is 5.69. The summed E-state index contributed by atoms with van der Waals surface area (Å²) in [5.41, 5.74) is 0.949. The van der Waals surface area contributed by atoms with Gasteiger partial charge in [0.15, 0.2) is 0 Å². The van der Waals surface area contributed by atoms with Gasteiger partial charge >= 0.3 is 5.97 Å². The van der Waals surface area contributed by atoms with E-state index in [0.29, 0.717) is 17.5 Å². The Balaban J connectivity index is 2.55. The Labute approximate surface area is 116 Å². The maximum Gasteiger partial charge on any atom is 0.349 e. The lowest BCUT2D eigenvalue weighted by Crippen LogP contribution is -2.24. The zero-order valence-corrected chi connectivity index (χ0v) is 11.4. The quantitative estimate of drug-likeness (QED) is 0.277. The molecule has 0 fully saturated rings. The number of oxime groups is 1. The van der Waals surface area contributed by atoms with E-state index >= 15 is 0 Å². The van der Waals surface area contributed by atoms with E-state index in [4.69, 9.17) is 16.9 Å². The third kappa shape index (κ3) is 5.36. The van der Waals surface area contributed by atoms with Crippen LogP contribution in [0.1, 0.15) is 18.9 Å². The van der Waals surface area contributed by atoms with Gasteiger partial charge in [0.25, 0.3) is 0 Å². The molecule has 6 nitrogen and oxygen atoms in total. The van der Waals surface area contributed by atoms with Crippen molar-refractivity contribution in [3.8, 4) is 6.07 Å². The van der Waals surface area contributed by atoms with Crippen molar-refractivity contribution >= 4 is 23.4 Å². The van der Waals surface area contributed by atoms with Crippen LogP contribution in [0.5, 0.6) is 0 Å². The Hall–Kier alpha value is -2.13. The smallest absolute Gasteiger partial charge is 0.349 e. The number of carbonyl (C=O) groups excluding carboxylic acids is 1. The lowest BCUT2D eigenvalue weighted by atomic mass is 10.3. The lowest BCUT2D eigenvalue weighted by Gasteiger charge is -2.17. The fourth-order valence-electron chi connectivity index (χ4n) is 1.17. The topological polar surface area (TPSA) is 78.6 Å². The van der Waals surface area contributed by atoms with E-state index in [1.165, 1.54) is 0 Å². The van der Waals surface area contributed by atoms with E-state index in [1.807, 2.05) is 6.07 Å². The van der Waals surface area contributed by atoms with Crippen molar-refractivity contribution in [3.63, 3.8) is 0 Å². The average Bonchev–Trinajstić information content (AvgIpc) is 2.39. The number of nitriles is 1. The number of hydrogen-bond acceptors (Lipinski definition) is 5. The van der Waals surface area contributed by atoms with E-state index in [9.17, 15) is 4.79 Å². The van der Waals surface area contributed by atoms with Gasteiger partial charge in [0.05, 0.1) is 6.07 Å². The highest BCUT2D eigenvalue weighted by Gasteiger charge is 2.06. The molecule has 0 aromatic carbocycles. The molecule has 0 radical (unpaired) electrons. The molecular formula is C12H13ClN4O2. The average molecular weight is 281 g/mol. The first-order valence-corrected chi connectivity index (χ1v) is 5.83. The Morgan fingerprint density at radius 3 is 2.95 bits per heavy atom. The molecule has 0 N–H and O–H groups in total. The van der Waals surface area contributed by atoms with Gasteiger partial charge in [-0.3, -0.25) is 0 Å². The first-order valence-electron chi connectivity index (χ1n) is 5.46. The fraction of sp³-hybridized carbons (Fsp3) is 0.333. The minimum atomic E-state index is -0.677. The first kappa shape index (κ1) is 14.9. The molecule has 7 heteroatoms. The molecule has 100 valence electrons. The molecule has 1 rings (SSSR count). The van der Waals surface area contributed by atoms with Gasteiger partial charge in [0.2, 0.25) is 0 Å². The monoisotopic (exact) mass is 280 g/mol. The summed E-state index contributed by atoms with van der Waals surface area (Å²) in [6, 6.07) is 5.23. The van der Waals surface area contributed by atoms with Crippen LogP contribution in [0.3, 0.4) is 0 Å². The van der Waals surface area contributed by atoms with E-state index < -0.39 is 5.97 Å². The highest BCUT2D eigenvalue weighted by atomic mass is 35.5. The van der Waals surface area contributed by atoms with Gasteiger partial charge in [0.1, 0.15) is 17.4 Å². The molecular weight excluding hydrogens is 268 g/mol. The number of rotatable bonds is 4. The lowest BCUT2D eigenvalue weighted by molar-refractivity contribution is -0.142. The summed E-state index contributed by atoms with van der Waals surface area (Å²) < 4.78 is 0. The largest absolute Gasteiger partial charge is 0.356 e. The van der Waals surface area contributed by atoms with Crippen LogP contribution in [0.15, 0.2) is 23.5 Å². The zero-order valence-electron chi connectivity index (χ0n) is 10.6. The van der Waals surface area contributed by atoms with Gasteiger partial charge in [-0.05, 0) is 18.6 Å². The second kappa shape index (κ2) is 7.34. The summed E-state index contributed by atoms with van der Waals surface area (Å²) in [5, 5.41) is 12.4. The maximum atomic E-state index is 11.0. The summed E-state index contributed by atoms with van der Waals surface area (Å²) in [4.78, 5) is 21.3. The molecule has 0 aliphatic rings. The summed E-state index contributed by atoms with van der Waals surface area (Å²) in [6.07, 6.45) is 1.34. The third-order valence-electron chi connectivity index (χ3n) is 2.26. The highest BCUT2D eigenvalue weighted by Crippen LogP contribution is 2.07. The van der Waals surface area contributed by atoms with Crippen LogP contribution in [0.25, 0.3) is 0 Å². The van der Waals surface area contributed by atoms with Crippen molar-refractivity contribution in [2.45, 2.75) is 19.9 Å². The number of carbonyl (C=O) groups is 1. The summed E-state index contributed by atoms with van der Waals surface area (Å²) in [6.45, 7) is 2.25. The van der Waals surface area contributed by atoms with Gasteiger partial charge in [-0.25, -0.2) is 9.78 Å². The number of halogens is 1. The maximum absolute atomic E-state index is 11.0. The van der Waals surface area contributed by atoms with Gasteiger partial charge in [-0.15, -0.1) is 0 Å². The molecule has 19 heavy (non-hydrogen) atoms. The van der Waals surface area contributed by atoms with Crippen LogP contribution in [0.2, 0.25) is 5.15 Å². The van der Waals surface area contributed by atoms with Crippen LogP contribution in [-0.2, 0) is 16.2 Å². The van der Waals surface area contributed by atoms with Gasteiger partial charge in [-0.2, -0.15) is 5.26 Å². The van der Waals surface area contributed by atoms with Crippen molar-refractivity contribution in [2.24, 2.45) is 5.16 Å². The predicted molar refractivity (Wildman–Crippen MR) is 70.1 cm³/mol. The van der Waals surface area contributed by atoms with Gasteiger partial charge < -0.3 is 9.74 Å². The molecule has 0 spiro atoms. The van der Waals surface area contributed by atoms with Crippen molar-refractivity contribution in [1.82, 2.24) is 9.88 Å². The standard InChI is InChI=1S/C12H13ClN4O2/c1-9(16-19-12(18)5-6-14)17(2)8-10-3-4-11(13)15-7-10/h3-4,7H,5,8H2,1-2H3. The third-order valence-corrected chi connectivity index (χ3v) is 2.49. The SMILES string of the molecule is CC(=NOC(=O)CC#N)N(C)Cc1ccc(Cl)nc1. The molecule has 0 atom stereocenters. The Kier molecular flexibility index (Phi) is 5.76. The van der Waals surface area contributed by atoms with Gasteiger partial charge in [0, 0.05) is 19.8 Å². The molecule has 1 heterocycles. The molecule has 0 saturated carbocycles. The van der Waals surface area contributed by atoms with Crippen LogP contribution >= 0.6 is 11.6 Å². The second-order valence-corrected chi connectivity index (χ2v) is 4.17. The number of nitrogens with zero attached hydrogens (tertiary/aromatic N) is 4. The van der Waals surface area contributed by atoms with Crippen LogP contribution in [0, 0.1) is 11.3 Å². The number of pyridine rings is 1. The minimum absolute atomic E-state index is 0.318. The van der Waals surface area contributed by atoms with E-state index in [1.54, 1.807) is 37.2 Å². The van der Waals surface area contributed by atoms with Crippen molar-refractivity contribution in [2.75, 3.05) is 7.05 Å². The van der Waals surface area contributed by atoms with Crippen LogP contribution in [0.4, 0.5) is 0 Å². The van der Waals surface area contributed by atoms with Crippen LogP contribution in [-0.4, -0.2) is 28.7 Å². The zero-order chi connectivity index (χ0) is 14.3. The first-order chi connectivity index (χ1) is 9.02. The van der Waals surface area contributed by atoms with Crippen LogP contribution < -0.4 is 0 Å². The summed E-state index contributed by atoms with van der Waals surface area (Å²) in [7, 11) is 1.80. The molecule has 0 amide bonds. The Morgan fingerprint density at radius 1 is 1.63 bits per heavy atom. The molecule has 0 unspecified atom stereocenters.